The number of hydrogen-bond acceptors (Lipinski definition) is 6. The van der Waals surface area contributed by atoms with Crippen LogP contribution in [-0.4, -0.2) is 38.1 Å². The Balaban J connectivity index is 1.98. The van der Waals surface area contributed by atoms with Gasteiger partial charge in [-0.2, -0.15) is 5.10 Å². The number of amides is 1. The van der Waals surface area contributed by atoms with Gasteiger partial charge in [0.25, 0.3) is 5.91 Å². The van der Waals surface area contributed by atoms with Crippen molar-refractivity contribution in [2.24, 2.45) is 5.10 Å². The summed E-state index contributed by atoms with van der Waals surface area (Å²) < 4.78 is 17.9. The molecule has 2 aromatic carbocycles. The molecule has 0 aromatic heterocycles. The van der Waals surface area contributed by atoms with Crippen LogP contribution >= 0.6 is 47.8 Å². The highest BCUT2D eigenvalue weighted by atomic mass is 79.9. The van der Waals surface area contributed by atoms with Crippen LogP contribution in [0.15, 0.2) is 42.8 Å². The molecule has 2 rings (SSSR count). The van der Waals surface area contributed by atoms with Crippen LogP contribution in [0.3, 0.4) is 0 Å². The third kappa shape index (κ3) is 5.85. The number of aromatic hydroxyl groups is 1. The minimum Gasteiger partial charge on any atom is -0.502 e. The van der Waals surface area contributed by atoms with Gasteiger partial charge in [0, 0.05) is 10.0 Å². The summed E-state index contributed by atoms with van der Waals surface area (Å²) in [6, 6.07) is 6.73. The lowest BCUT2D eigenvalue weighted by molar-refractivity contribution is -0.123. The number of phenols is 1. The van der Waals surface area contributed by atoms with E-state index >= 15 is 0 Å². The Hall–Kier alpha value is -1.78. The molecule has 2 N–H and O–H groups in total. The topological polar surface area (TPSA) is 89.4 Å². The average Bonchev–Trinajstić information content (AvgIpc) is 2.61. The van der Waals surface area contributed by atoms with Crippen molar-refractivity contribution in [3.63, 3.8) is 0 Å². The smallest absolute Gasteiger partial charge is 0.277 e. The lowest BCUT2D eigenvalue weighted by Crippen LogP contribution is -2.24. The maximum Gasteiger partial charge on any atom is 0.277 e. The molecule has 0 fully saturated rings. The van der Waals surface area contributed by atoms with Gasteiger partial charge in [0.2, 0.25) is 5.75 Å². The van der Waals surface area contributed by atoms with Gasteiger partial charge in [0.1, 0.15) is 5.75 Å². The predicted octanol–water partition coefficient (Wildman–Crippen LogP) is 4.23. The molecule has 7 nitrogen and oxygen atoms in total. The van der Waals surface area contributed by atoms with Crippen LogP contribution in [0, 0.1) is 0 Å². The summed E-state index contributed by atoms with van der Waals surface area (Å²) in [5.74, 6) is 0.419. The van der Waals surface area contributed by atoms with Crippen LogP contribution in [0.2, 0.25) is 0 Å². The van der Waals surface area contributed by atoms with E-state index in [0.717, 1.165) is 4.47 Å². The van der Waals surface area contributed by atoms with Crippen molar-refractivity contribution < 1.29 is 24.1 Å². The van der Waals surface area contributed by atoms with Gasteiger partial charge in [-0.05, 0) is 56.1 Å². The van der Waals surface area contributed by atoms with Gasteiger partial charge in [-0.1, -0.05) is 15.9 Å². The van der Waals surface area contributed by atoms with Crippen molar-refractivity contribution in [2.75, 3.05) is 20.8 Å². The number of methoxy groups -OCH3 is 2. The van der Waals surface area contributed by atoms with E-state index in [9.17, 15) is 9.90 Å². The molecule has 27 heavy (non-hydrogen) atoms. The number of rotatable bonds is 7. The van der Waals surface area contributed by atoms with Crippen molar-refractivity contribution in [2.45, 2.75) is 0 Å². The molecule has 0 saturated carbocycles. The summed E-state index contributed by atoms with van der Waals surface area (Å²) in [5.41, 5.74) is 2.93. The molecule has 0 aliphatic carbocycles. The molecule has 0 heterocycles. The van der Waals surface area contributed by atoms with Crippen molar-refractivity contribution in [3.8, 4) is 23.0 Å². The zero-order valence-corrected chi connectivity index (χ0v) is 19.0. The first kappa shape index (κ1) is 21.5. The Kier molecular flexibility index (Phi) is 7.93. The van der Waals surface area contributed by atoms with Crippen LogP contribution in [0.1, 0.15) is 5.56 Å². The number of halogens is 3. The first-order chi connectivity index (χ1) is 12.8. The molecule has 0 radical (unpaired) electrons. The maximum absolute atomic E-state index is 11.9. The third-order valence-corrected chi connectivity index (χ3v) is 4.85. The molecule has 0 bridgehead atoms. The summed E-state index contributed by atoms with van der Waals surface area (Å²) in [4.78, 5) is 11.9. The van der Waals surface area contributed by atoms with Gasteiger partial charge in [-0.3, -0.25) is 4.79 Å². The number of hydrazone groups is 1. The second-order valence-electron chi connectivity index (χ2n) is 5.05. The first-order valence-corrected chi connectivity index (χ1v) is 9.77. The largest absolute Gasteiger partial charge is 0.502 e. The summed E-state index contributed by atoms with van der Waals surface area (Å²) in [5, 5.41) is 13.7. The second kappa shape index (κ2) is 9.95. The number of phenolic OH excluding ortho intramolecular Hbond substituents is 1. The Morgan fingerprint density at radius 1 is 1.11 bits per heavy atom. The lowest BCUT2D eigenvalue weighted by atomic mass is 10.2. The number of nitrogens with zero attached hydrogens (tertiary/aromatic N) is 1. The second-order valence-corrected chi connectivity index (χ2v) is 7.68. The minimum atomic E-state index is -0.439. The number of ether oxygens (including phenoxy) is 3. The molecule has 0 spiro atoms. The molecular formula is C17H15Br3N2O5. The predicted molar refractivity (Wildman–Crippen MR) is 112 cm³/mol. The molecule has 0 aliphatic rings. The summed E-state index contributed by atoms with van der Waals surface area (Å²) >= 11 is 10.1. The Morgan fingerprint density at radius 3 is 2.19 bits per heavy atom. The number of benzene rings is 2. The highest BCUT2D eigenvalue weighted by Crippen LogP contribution is 2.37. The third-order valence-electron chi connectivity index (χ3n) is 3.22. The van der Waals surface area contributed by atoms with Crippen molar-refractivity contribution in [1.82, 2.24) is 5.43 Å². The van der Waals surface area contributed by atoms with Gasteiger partial charge in [0.05, 0.1) is 29.4 Å². The van der Waals surface area contributed by atoms with E-state index in [1.165, 1.54) is 20.4 Å². The molecule has 2 aromatic rings. The molecule has 10 heteroatoms. The maximum atomic E-state index is 11.9. The van der Waals surface area contributed by atoms with Crippen LogP contribution in [-0.2, 0) is 4.79 Å². The number of carbonyl (C=O) groups excluding carboxylic acids is 1. The first-order valence-electron chi connectivity index (χ1n) is 7.40. The van der Waals surface area contributed by atoms with E-state index in [2.05, 4.69) is 58.3 Å². The van der Waals surface area contributed by atoms with Crippen molar-refractivity contribution in [1.29, 1.82) is 0 Å². The SMILES string of the molecule is COc1cc(/C=N/NC(=O)COc2c(Br)cc(Br)cc2Br)cc(OC)c1O. The van der Waals surface area contributed by atoms with Gasteiger partial charge in [-0.25, -0.2) is 5.43 Å². The fourth-order valence-corrected chi connectivity index (χ4v) is 4.49. The number of hydrogen-bond donors (Lipinski definition) is 2. The zero-order chi connectivity index (χ0) is 20.0. The molecule has 0 unspecified atom stereocenters. The quantitative estimate of drug-likeness (QED) is 0.387. The molecule has 1 amide bonds. The Morgan fingerprint density at radius 2 is 1.67 bits per heavy atom. The monoisotopic (exact) mass is 564 g/mol. The van der Waals surface area contributed by atoms with E-state index in [-0.39, 0.29) is 23.9 Å². The summed E-state index contributed by atoms with van der Waals surface area (Å²) in [6.45, 7) is -0.224. The van der Waals surface area contributed by atoms with E-state index in [0.29, 0.717) is 20.3 Å². The zero-order valence-electron chi connectivity index (χ0n) is 14.3. The highest BCUT2D eigenvalue weighted by Gasteiger charge is 2.11. The standard InChI is InChI=1S/C17H15Br3N2O5/c1-25-13-3-9(4-14(26-2)16(13)24)7-21-22-15(23)8-27-17-11(19)5-10(18)6-12(17)20/h3-7,24H,8H2,1-2H3,(H,22,23)/b21-7+. The van der Waals surface area contributed by atoms with Gasteiger partial charge in [0.15, 0.2) is 18.1 Å². The fraction of sp³-hybridized carbons (Fsp3) is 0.176. The minimum absolute atomic E-state index is 0.111. The van der Waals surface area contributed by atoms with Crippen LogP contribution in [0.4, 0.5) is 0 Å². The normalized spacial score (nSPS) is 10.7. The summed E-state index contributed by atoms with van der Waals surface area (Å²) in [6.07, 6.45) is 1.40. The molecule has 0 atom stereocenters. The molecular weight excluding hydrogens is 552 g/mol. The van der Waals surface area contributed by atoms with Gasteiger partial charge >= 0.3 is 0 Å². The van der Waals surface area contributed by atoms with Gasteiger partial charge < -0.3 is 19.3 Å². The van der Waals surface area contributed by atoms with Gasteiger partial charge in [-0.15, -0.1) is 0 Å². The summed E-state index contributed by atoms with van der Waals surface area (Å²) in [7, 11) is 2.85. The van der Waals surface area contributed by atoms with E-state index < -0.39 is 5.91 Å². The molecule has 0 aliphatic heterocycles. The number of carbonyl (C=O) groups is 1. The van der Waals surface area contributed by atoms with Crippen molar-refractivity contribution in [3.05, 3.63) is 43.2 Å². The highest BCUT2D eigenvalue weighted by molar-refractivity contribution is 9.11. The Labute approximate surface area is 181 Å². The molecule has 0 saturated heterocycles. The van der Waals surface area contributed by atoms with Crippen LogP contribution < -0.4 is 19.6 Å². The van der Waals surface area contributed by atoms with E-state index in [4.69, 9.17) is 14.2 Å². The number of nitrogens with one attached hydrogen (secondary N) is 1. The average molecular weight is 567 g/mol. The Bertz CT molecular complexity index is 826. The fourth-order valence-electron chi connectivity index (χ4n) is 2.00. The van der Waals surface area contributed by atoms with E-state index in [1.54, 1.807) is 12.1 Å². The molecule has 144 valence electrons. The van der Waals surface area contributed by atoms with Crippen LogP contribution in [0.25, 0.3) is 0 Å². The van der Waals surface area contributed by atoms with Crippen LogP contribution in [0.5, 0.6) is 23.0 Å². The van der Waals surface area contributed by atoms with E-state index in [1.807, 2.05) is 12.1 Å². The lowest BCUT2D eigenvalue weighted by Gasteiger charge is -2.10. The van der Waals surface area contributed by atoms with Crippen molar-refractivity contribution >= 4 is 59.9 Å².